The quantitative estimate of drug-likeness (QED) is 0.156. The molecular formula is C59H40N2. The van der Waals surface area contributed by atoms with Gasteiger partial charge in [-0.3, -0.25) is 0 Å². The second kappa shape index (κ2) is 14.1. The number of nitrogens with zero attached hydrogens (tertiary/aromatic N) is 2. The van der Waals surface area contributed by atoms with Crippen molar-refractivity contribution in [1.29, 1.82) is 0 Å². The van der Waals surface area contributed by atoms with Gasteiger partial charge in [0.2, 0.25) is 0 Å². The number of hydrogen-bond donors (Lipinski definition) is 0. The topological polar surface area (TPSA) is 8.17 Å². The van der Waals surface area contributed by atoms with Crippen LogP contribution in [0.2, 0.25) is 0 Å². The molecule has 0 bridgehead atoms. The lowest BCUT2D eigenvalue weighted by atomic mass is 9.67. The molecular weight excluding hydrogens is 737 g/mol. The summed E-state index contributed by atoms with van der Waals surface area (Å²) < 4.78 is 2.43. The Balaban J connectivity index is 0.981. The molecule has 0 saturated heterocycles. The van der Waals surface area contributed by atoms with Gasteiger partial charge in [0.1, 0.15) is 0 Å². The molecule has 1 heterocycles. The third-order valence-corrected chi connectivity index (χ3v) is 12.9. The smallest absolute Gasteiger partial charge is 0.0713 e. The highest BCUT2D eigenvalue weighted by Crippen LogP contribution is 2.56. The average molecular weight is 777 g/mol. The Bertz CT molecular complexity index is 3350. The molecule has 0 aliphatic heterocycles. The summed E-state index contributed by atoms with van der Waals surface area (Å²) in [6.45, 7) is 0. The highest BCUT2D eigenvalue weighted by molar-refractivity contribution is 6.10. The summed E-state index contributed by atoms with van der Waals surface area (Å²) in [7, 11) is 0. The Morgan fingerprint density at radius 3 is 1.57 bits per heavy atom. The monoisotopic (exact) mass is 776 g/mol. The fourth-order valence-electron chi connectivity index (χ4n) is 10.2. The van der Waals surface area contributed by atoms with Crippen molar-refractivity contribution >= 4 is 49.6 Å². The summed E-state index contributed by atoms with van der Waals surface area (Å²) >= 11 is 0. The third kappa shape index (κ3) is 5.43. The summed E-state index contributed by atoms with van der Waals surface area (Å²) in [5.74, 6) is 0. The van der Waals surface area contributed by atoms with E-state index in [1.807, 2.05) is 0 Å². The normalized spacial score (nSPS) is 12.7. The second-order valence-electron chi connectivity index (χ2n) is 16.1. The molecule has 0 saturated carbocycles. The highest BCUT2D eigenvalue weighted by atomic mass is 15.1. The molecule has 0 atom stereocenters. The lowest BCUT2D eigenvalue weighted by Crippen LogP contribution is -2.28. The number of anilines is 3. The first-order valence-electron chi connectivity index (χ1n) is 21.1. The lowest BCUT2D eigenvalue weighted by Gasteiger charge is -2.34. The van der Waals surface area contributed by atoms with Crippen LogP contribution in [-0.2, 0) is 5.41 Å². The van der Waals surface area contributed by atoms with Crippen molar-refractivity contribution < 1.29 is 0 Å². The summed E-state index contributed by atoms with van der Waals surface area (Å²) in [6, 6.07) is 88.9. The number of benzene rings is 10. The largest absolute Gasteiger partial charge is 0.311 e. The van der Waals surface area contributed by atoms with Gasteiger partial charge in [-0.2, -0.15) is 0 Å². The van der Waals surface area contributed by atoms with Gasteiger partial charge in [-0.05, 0) is 122 Å². The Morgan fingerprint density at radius 1 is 0.328 bits per heavy atom. The van der Waals surface area contributed by atoms with Crippen LogP contribution in [0, 0.1) is 0 Å². The molecule has 1 aromatic heterocycles. The molecule has 286 valence electrons. The minimum Gasteiger partial charge on any atom is -0.311 e. The predicted molar refractivity (Wildman–Crippen MR) is 256 cm³/mol. The van der Waals surface area contributed by atoms with Gasteiger partial charge in [0.15, 0.2) is 0 Å². The molecule has 0 amide bonds. The number of rotatable bonds is 7. The van der Waals surface area contributed by atoms with Crippen LogP contribution in [0.15, 0.2) is 243 Å². The van der Waals surface area contributed by atoms with Gasteiger partial charge in [-0.1, -0.05) is 176 Å². The van der Waals surface area contributed by atoms with E-state index in [0.29, 0.717) is 0 Å². The minimum absolute atomic E-state index is 0.457. The maximum atomic E-state index is 2.47. The standard InChI is InChI=1S/C59H40N2/c1-3-18-43(19-4-1)59(55-27-12-9-23-51(55)52-24-10-13-28-56(52)59)44-32-39-58-54(40-44)53-25-11-14-29-57(53)61(58)48-37-35-47(36-38-48)60(45-20-5-2-6-21-45)46-33-30-42(31-34-46)50-26-15-17-41-16-7-8-22-49(41)50/h1-40H. The molecule has 0 fully saturated rings. The fraction of sp³-hybridized carbons (Fsp3) is 0.0169. The summed E-state index contributed by atoms with van der Waals surface area (Å²) in [6.07, 6.45) is 0. The van der Waals surface area contributed by atoms with Crippen molar-refractivity contribution in [2.45, 2.75) is 5.41 Å². The molecule has 11 aromatic rings. The van der Waals surface area contributed by atoms with Crippen LogP contribution < -0.4 is 4.90 Å². The van der Waals surface area contributed by atoms with E-state index >= 15 is 0 Å². The van der Waals surface area contributed by atoms with E-state index in [2.05, 4.69) is 252 Å². The van der Waals surface area contributed by atoms with E-state index < -0.39 is 5.41 Å². The van der Waals surface area contributed by atoms with Gasteiger partial charge in [0.25, 0.3) is 0 Å². The van der Waals surface area contributed by atoms with E-state index in [4.69, 9.17) is 0 Å². The van der Waals surface area contributed by atoms with Crippen molar-refractivity contribution in [3.63, 3.8) is 0 Å². The minimum atomic E-state index is -0.457. The molecule has 10 aromatic carbocycles. The Hall–Kier alpha value is -7.94. The number of para-hydroxylation sites is 2. The Kier molecular flexibility index (Phi) is 8.11. The van der Waals surface area contributed by atoms with E-state index in [-0.39, 0.29) is 0 Å². The van der Waals surface area contributed by atoms with Gasteiger partial charge in [0.05, 0.1) is 16.4 Å². The molecule has 12 rings (SSSR count). The van der Waals surface area contributed by atoms with E-state index in [0.717, 1.165) is 22.7 Å². The van der Waals surface area contributed by atoms with Crippen molar-refractivity contribution in [3.8, 4) is 27.9 Å². The lowest BCUT2D eigenvalue weighted by molar-refractivity contribution is 0.770. The molecule has 0 spiro atoms. The molecule has 1 aliphatic carbocycles. The van der Waals surface area contributed by atoms with Gasteiger partial charge in [-0.25, -0.2) is 0 Å². The van der Waals surface area contributed by atoms with Crippen molar-refractivity contribution in [2.75, 3.05) is 4.90 Å². The zero-order valence-electron chi connectivity index (χ0n) is 33.5. The van der Waals surface area contributed by atoms with Gasteiger partial charge < -0.3 is 9.47 Å². The van der Waals surface area contributed by atoms with Crippen LogP contribution in [0.1, 0.15) is 22.3 Å². The molecule has 61 heavy (non-hydrogen) atoms. The molecule has 2 heteroatoms. The van der Waals surface area contributed by atoms with Crippen molar-refractivity contribution in [3.05, 3.63) is 265 Å². The van der Waals surface area contributed by atoms with Crippen molar-refractivity contribution in [2.24, 2.45) is 0 Å². The van der Waals surface area contributed by atoms with Crippen LogP contribution in [0.3, 0.4) is 0 Å². The zero-order chi connectivity index (χ0) is 40.3. The molecule has 0 N–H and O–H groups in total. The van der Waals surface area contributed by atoms with Gasteiger partial charge in [0, 0.05) is 33.5 Å². The third-order valence-electron chi connectivity index (χ3n) is 12.9. The predicted octanol–water partition coefficient (Wildman–Crippen LogP) is 15.4. The average Bonchev–Trinajstić information content (AvgIpc) is 3.83. The van der Waals surface area contributed by atoms with Gasteiger partial charge >= 0.3 is 0 Å². The first-order chi connectivity index (χ1) is 30.3. The number of fused-ring (bicyclic) bond motifs is 7. The second-order valence-corrected chi connectivity index (χ2v) is 16.1. The summed E-state index contributed by atoms with van der Waals surface area (Å²) in [4.78, 5) is 2.34. The maximum absolute atomic E-state index is 2.47. The van der Waals surface area contributed by atoms with Crippen LogP contribution in [0.5, 0.6) is 0 Å². The molecule has 0 unspecified atom stereocenters. The SMILES string of the molecule is c1ccc(N(c2ccc(-c3cccc4ccccc34)cc2)c2ccc(-n3c4ccccc4c4cc(C5(c6ccccc6)c6ccccc6-c6ccccc65)ccc43)cc2)cc1. The van der Waals surface area contributed by atoms with Crippen LogP contribution >= 0.6 is 0 Å². The van der Waals surface area contributed by atoms with E-state index in [9.17, 15) is 0 Å². The summed E-state index contributed by atoms with van der Waals surface area (Å²) in [5.41, 5.74) is 16.6. The summed E-state index contributed by atoms with van der Waals surface area (Å²) in [5, 5.41) is 5.00. The zero-order valence-corrected chi connectivity index (χ0v) is 33.5. The molecule has 1 aliphatic rings. The van der Waals surface area contributed by atoms with Crippen molar-refractivity contribution in [1.82, 2.24) is 4.57 Å². The van der Waals surface area contributed by atoms with Crippen LogP contribution in [0.25, 0.3) is 60.5 Å². The Morgan fingerprint density at radius 2 is 0.852 bits per heavy atom. The number of hydrogen-bond acceptors (Lipinski definition) is 1. The van der Waals surface area contributed by atoms with E-state index in [1.54, 1.807) is 0 Å². The Labute approximate surface area is 355 Å². The van der Waals surface area contributed by atoms with E-state index in [1.165, 1.54) is 77.1 Å². The van der Waals surface area contributed by atoms with Crippen LogP contribution in [-0.4, -0.2) is 4.57 Å². The fourth-order valence-corrected chi connectivity index (χ4v) is 10.2. The van der Waals surface area contributed by atoms with Crippen LogP contribution in [0.4, 0.5) is 17.1 Å². The first kappa shape index (κ1) is 35.0. The first-order valence-corrected chi connectivity index (χ1v) is 21.1. The molecule has 2 nitrogen and oxygen atoms in total. The maximum Gasteiger partial charge on any atom is 0.0713 e. The highest BCUT2D eigenvalue weighted by Gasteiger charge is 2.46. The molecule has 0 radical (unpaired) electrons. The number of aromatic nitrogens is 1. The van der Waals surface area contributed by atoms with Gasteiger partial charge in [-0.15, -0.1) is 0 Å².